The average Bonchev–Trinajstić information content (AvgIpc) is 3.16. The van der Waals surface area contributed by atoms with E-state index in [0.29, 0.717) is 34.8 Å². The number of hydrogen-bond acceptors (Lipinski definition) is 5. The fourth-order valence-electron chi connectivity index (χ4n) is 2.24. The molecule has 9 heteroatoms. The second kappa shape index (κ2) is 9.38. The fourth-order valence-corrected chi connectivity index (χ4v) is 3.34. The van der Waals surface area contributed by atoms with Crippen molar-refractivity contribution in [2.45, 2.75) is 13.5 Å². The first-order chi connectivity index (χ1) is 13.1. The van der Waals surface area contributed by atoms with Crippen molar-refractivity contribution in [2.75, 3.05) is 6.61 Å². The van der Waals surface area contributed by atoms with E-state index in [0.717, 1.165) is 14.7 Å². The highest BCUT2D eigenvalue weighted by molar-refractivity contribution is 14.1. The summed E-state index contributed by atoms with van der Waals surface area (Å²) in [7, 11) is 0. The molecule has 3 rings (SSSR count). The van der Waals surface area contributed by atoms with Gasteiger partial charge in [0.15, 0.2) is 11.5 Å². The molecule has 0 saturated carbocycles. The zero-order valence-corrected chi connectivity index (χ0v) is 17.9. The summed E-state index contributed by atoms with van der Waals surface area (Å²) in [5, 5.41) is 12.7. The monoisotopic (exact) mass is 516 g/mol. The molecular formula is C18H15Cl2IN4O2. The zero-order chi connectivity index (χ0) is 19.2. The van der Waals surface area contributed by atoms with Crippen molar-refractivity contribution in [3.8, 4) is 11.5 Å². The molecule has 0 atom stereocenters. The van der Waals surface area contributed by atoms with Crippen molar-refractivity contribution < 1.29 is 9.47 Å². The normalized spacial score (nSPS) is 11.1. The first-order valence-electron chi connectivity index (χ1n) is 7.99. The zero-order valence-electron chi connectivity index (χ0n) is 14.3. The molecule has 2 aromatic carbocycles. The molecule has 0 spiro atoms. The van der Waals surface area contributed by atoms with Crippen LogP contribution >= 0.6 is 45.8 Å². The molecule has 1 heterocycles. The summed E-state index contributed by atoms with van der Waals surface area (Å²) >= 11 is 14.2. The quantitative estimate of drug-likeness (QED) is 0.325. The molecule has 6 nitrogen and oxygen atoms in total. The molecular weight excluding hydrogens is 502 g/mol. The highest BCUT2D eigenvalue weighted by Gasteiger charge is 2.12. The van der Waals surface area contributed by atoms with Crippen LogP contribution in [0.3, 0.4) is 0 Å². The maximum absolute atomic E-state index is 6.07. The lowest BCUT2D eigenvalue weighted by molar-refractivity contribution is 0.267. The Kier molecular flexibility index (Phi) is 6.92. The summed E-state index contributed by atoms with van der Waals surface area (Å²) in [4.78, 5) is 0. The van der Waals surface area contributed by atoms with Crippen LogP contribution in [-0.4, -0.2) is 27.7 Å². The van der Waals surface area contributed by atoms with Crippen LogP contribution in [0.5, 0.6) is 11.5 Å². The Hall–Kier alpha value is -1.84. The lowest BCUT2D eigenvalue weighted by Gasteiger charge is -2.15. The molecule has 0 aliphatic rings. The van der Waals surface area contributed by atoms with Gasteiger partial charge in [-0.1, -0.05) is 29.3 Å². The van der Waals surface area contributed by atoms with Crippen molar-refractivity contribution in [3.05, 3.63) is 67.7 Å². The van der Waals surface area contributed by atoms with E-state index in [9.17, 15) is 0 Å². The highest BCUT2D eigenvalue weighted by Crippen LogP contribution is 2.35. The Bertz CT molecular complexity index is 949. The Morgan fingerprint density at radius 3 is 2.59 bits per heavy atom. The summed E-state index contributed by atoms with van der Waals surface area (Å²) in [6, 6.07) is 9.26. The van der Waals surface area contributed by atoms with Crippen LogP contribution in [0.2, 0.25) is 10.0 Å². The minimum Gasteiger partial charge on any atom is -0.490 e. The van der Waals surface area contributed by atoms with E-state index >= 15 is 0 Å². The molecule has 0 radical (unpaired) electrons. The molecule has 0 amide bonds. The highest BCUT2D eigenvalue weighted by atomic mass is 127. The van der Waals surface area contributed by atoms with Gasteiger partial charge in [0, 0.05) is 0 Å². The third kappa shape index (κ3) is 5.33. The van der Waals surface area contributed by atoms with Crippen molar-refractivity contribution in [2.24, 2.45) is 5.10 Å². The molecule has 0 aliphatic carbocycles. The second-order valence-corrected chi connectivity index (χ2v) is 7.36. The van der Waals surface area contributed by atoms with Crippen LogP contribution in [0.1, 0.15) is 18.1 Å². The second-order valence-electron chi connectivity index (χ2n) is 5.39. The van der Waals surface area contributed by atoms with Crippen LogP contribution in [-0.2, 0) is 6.61 Å². The average molecular weight is 517 g/mol. The van der Waals surface area contributed by atoms with E-state index in [1.54, 1.807) is 18.3 Å². The van der Waals surface area contributed by atoms with Gasteiger partial charge in [-0.15, -0.1) is 10.2 Å². The van der Waals surface area contributed by atoms with Crippen molar-refractivity contribution in [1.29, 1.82) is 0 Å². The maximum Gasteiger partial charge on any atom is 0.175 e. The minimum atomic E-state index is 0.348. The predicted octanol–water partition coefficient (Wildman–Crippen LogP) is 5.05. The summed E-state index contributed by atoms with van der Waals surface area (Å²) < 4.78 is 14.2. The van der Waals surface area contributed by atoms with Crippen LogP contribution < -0.4 is 9.47 Å². The van der Waals surface area contributed by atoms with Gasteiger partial charge < -0.3 is 9.47 Å². The van der Waals surface area contributed by atoms with E-state index in [1.165, 1.54) is 17.3 Å². The lowest BCUT2D eigenvalue weighted by Crippen LogP contribution is -2.03. The Morgan fingerprint density at radius 1 is 1.11 bits per heavy atom. The number of nitrogens with zero attached hydrogens (tertiary/aromatic N) is 4. The van der Waals surface area contributed by atoms with Gasteiger partial charge in [0.2, 0.25) is 0 Å². The van der Waals surface area contributed by atoms with Gasteiger partial charge in [0.25, 0.3) is 0 Å². The van der Waals surface area contributed by atoms with Crippen LogP contribution in [0, 0.1) is 3.57 Å². The van der Waals surface area contributed by atoms with Crippen LogP contribution in [0.25, 0.3) is 0 Å². The van der Waals surface area contributed by atoms with Crippen molar-refractivity contribution >= 4 is 52.0 Å². The van der Waals surface area contributed by atoms with Gasteiger partial charge in [-0.2, -0.15) is 5.10 Å². The predicted molar refractivity (Wildman–Crippen MR) is 114 cm³/mol. The van der Waals surface area contributed by atoms with Gasteiger partial charge in [0.05, 0.1) is 26.4 Å². The third-order valence-electron chi connectivity index (χ3n) is 3.45. The number of hydrogen-bond donors (Lipinski definition) is 0. The maximum atomic E-state index is 6.07. The van der Waals surface area contributed by atoms with E-state index in [4.69, 9.17) is 32.7 Å². The van der Waals surface area contributed by atoms with Crippen molar-refractivity contribution in [1.82, 2.24) is 14.9 Å². The Labute approximate surface area is 180 Å². The summed E-state index contributed by atoms with van der Waals surface area (Å²) in [6.07, 6.45) is 4.73. The fraction of sp³-hybridized carbons (Fsp3) is 0.167. The van der Waals surface area contributed by atoms with Gasteiger partial charge >= 0.3 is 0 Å². The molecule has 1 aromatic heterocycles. The van der Waals surface area contributed by atoms with Crippen LogP contribution in [0.15, 0.2) is 48.1 Å². The largest absolute Gasteiger partial charge is 0.490 e. The van der Waals surface area contributed by atoms with Gasteiger partial charge in [-0.3, -0.25) is 0 Å². The molecule has 0 aliphatic heterocycles. The molecule has 27 heavy (non-hydrogen) atoms. The standard InChI is InChI=1S/C18H15Cl2IN4O2/c1-2-26-17-7-13(8-24-25-10-22-23-11-25)6-16(21)18(17)27-9-12-3-4-14(19)15(20)5-12/h3-8,10-11H,2,9H2,1H3/b24-8-. The summed E-state index contributed by atoms with van der Waals surface area (Å²) in [5.74, 6) is 1.32. The number of benzene rings is 2. The van der Waals surface area contributed by atoms with Gasteiger partial charge in [0.1, 0.15) is 19.3 Å². The smallest absolute Gasteiger partial charge is 0.175 e. The molecule has 140 valence electrons. The van der Waals surface area contributed by atoms with E-state index < -0.39 is 0 Å². The molecule has 0 fully saturated rings. The van der Waals surface area contributed by atoms with Gasteiger partial charge in [-0.05, 0) is 64.9 Å². The first-order valence-corrected chi connectivity index (χ1v) is 9.82. The Balaban J connectivity index is 1.82. The molecule has 0 N–H and O–H groups in total. The minimum absolute atomic E-state index is 0.348. The SMILES string of the molecule is CCOc1cc(/C=N\n2cnnc2)cc(I)c1OCc1ccc(Cl)c(Cl)c1. The van der Waals surface area contributed by atoms with E-state index in [1.807, 2.05) is 25.1 Å². The van der Waals surface area contributed by atoms with Crippen molar-refractivity contribution in [3.63, 3.8) is 0 Å². The topological polar surface area (TPSA) is 61.5 Å². The molecule has 0 unspecified atom stereocenters. The molecule has 0 saturated heterocycles. The van der Waals surface area contributed by atoms with Gasteiger partial charge in [-0.25, -0.2) is 4.68 Å². The van der Waals surface area contributed by atoms with E-state index in [2.05, 4.69) is 37.9 Å². The number of ether oxygens (including phenoxy) is 2. The molecule has 0 bridgehead atoms. The number of aromatic nitrogens is 3. The molecule has 3 aromatic rings. The third-order valence-corrected chi connectivity index (χ3v) is 4.99. The Morgan fingerprint density at radius 2 is 1.89 bits per heavy atom. The summed E-state index contributed by atoms with van der Waals surface area (Å²) in [6.45, 7) is 2.79. The van der Waals surface area contributed by atoms with Crippen LogP contribution in [0.4, 0.5) is 0 Å². The first kappa shape index (κ1) is 19.9. The summed E-state index contributed by atoms with van der Waals surface area (Å²) in [5.41, 5.74) is 1.79. The van der Waals surface area contributed by atoms with E-state index in [-0.39, 0.29) is 0 Å². The number of halogens is 3. The lowest BCUT2D eigenvalue weighted by atomic mass is 10.2. The number of rotatable bonds is 7.